The number of allylic oxidation sites excluding steroid dienone is 1. The van der Waals surface area contributed by atoms with Crippen molar-refractivity contribution < 1.29 is 4.74 Å². The molecule has 0 radical (unpaired) electrons. The van der Waals surface area contributed by atoms with Crippen LogP contribution in [0.1, 0.15) is 27.7 Å². The average molecular weight is 171 g/mol. The summed E-state index contributed by atoms with van der Waals surface area (Å²) in [4.78, 5) is 0. The van der Waals surface area contributed by atoms with E-state index in [1.54, 1.807) is 7.11 Å². The van der Waals surface area contributed by atoms with Crippen molar-refractivity contribution in [1.29, 1.82) is 0 Å². The van der Waals surface area contributed by atoms with Crippen molar-refractivity contribution in [3.05, 3.63) is 11.8 Å². The predicted molar refractivity (Wildman–Crippen MR) is 53.1 cm³/mol. The van der Waals surface area contributed by atoms with Crippen molar-refractivity contribution in [2.75, 3.05) is 14.2 Å². The zero-order valence-electron chi connectivity index (χ0n) is 9.06. The fourth-order valence-electron chi connectivity index (χ4n) is 1.34. The lowest BCUT2D eigenvalue weighted by molar-refractivity contribution is -0.00480. The van der Waals surface area contributed by atoms with Crippen LogP contribution < -0.4 is 5.32 Å². The first-order valence-electron chi connectivity index (χ1n) is 4.42. The molecule has 0 aromatic rings. The van der Waals surface area contributed by atoms with E-state index in [9.17, 15) is 0 Å². The molecule has 0 aromatic heterocycles. The fourth-order valence-corrected chi connectivity index (χ4v) is 1.34. The van der Waals surface area contributed by atoms with Crippen molar-refractivity contribution >= 4 is 0 Å². The molecule has 0 amide bonds. The largest absolute Gasteiger partial charge is 0.389 e. The van der Waals surface area contributed by atoms with E-state index in [0.29, 0.717) is 5.92 Å². The van der Waals surface area contributed by atoms with Crippen LogP contribution in [-0.4, -0.2) is 19.8 Å². The third-order valence-electron chi connectivity index (χ3n) is 2.62. The van der Waals surface area contributed by atoms with E-state index in [2.05, 4.69) is 32.2 Å². The summed E-state index contributed by atoms with van der Waals surface area (Å²) in [6.45, 7) is 8.43. The van der Waals surface area contributed by atoms with Crippen LogP contribution in [0.5, 0.6) is 0 Å². The first kappa shape index (κ1) is 11.5. The topological polar surface area (TPSA) is 21.3 Å². The predicted octanol–water partition coefficient (Wildman–Crippen LogP) is 2.17. The second-order valence-electron chi connectivity index (χ2n) is 3.42. The first-order chi connectivity index (χ1) is 5.52. The molecule has 0 heterocycles. The Morgan fingerprint density at radius 1 is 1.50 bits per heavy atom. The number of ether oxygens (including phenoxy) is 1. The summed E-state index contributed by atoms with van der Waals surface area (Å²) in [6, 6.07) is 0. The summed E-state index contributed by atoms with van der Waals surface area (Å²) in [5, 5.41) is 3.16. The quantitative estimate of drug-likeness (QED) is 0.700. The van der Waals surface area contributed by atoms with Gasteiger partial charge in [0, 0.05) is 19.9 Å². The van der Waals surface area contributed by atoms with Crippen molar-refractivity contribution in [1.82, 2.24) is 5.32 Å². The lowest BCUT2D eigenvalue weighted by atomic mass is 9.88. The highest BCUT2D eigenvalue weighted by Gasteiger charge is 2.31. The third kappa shape index (κ3) is 2.01. The average Bonchev–Trinajstić information content (AvgIpc) is 2.05. The Labute approximate surface area is 76.0 Å². The van der Waals surface area contributed by atoms with Crippen LogP contribution in [0.2, 0.25) is 0 Å². The van der Waals surface area contributed by atoms with Gasteiger partial charge in [-0.05, 0) is 19.8 Å². The molecule has 12 heavy (non-hydrogen) atoms. The van der Waals surface area contributed by atoms with Gasteiger partial charge in [0.15, 0.2) is 0 Å². The van der Waals surface area contributed by atoms with Gasteiger partial charge in [-0.2, -0.15) is 0 Å². The van der Waals surface area contributed by atoms with Gasteiger partial charge in [0.1, 0.15) is 5.60 Å². The molecule has 2 heteroatoms. The Hall–Kier alpha value is -0.500. The van der Waals surface area contributed by atoms with E-state index in [1.165, 1.54) is 0 Å². The number of methoxy groups -OCH3 is 1. The second-order valence-corrected chi connectivity index (χ2v) is 3.42. The highest BCUT2D eigenvalue weighted by atomic mass is 16.5. The van der Waals surface area contributed by atoms with Crippen LogP contribution in [0, 0.1) is 5.92 Å². The van der Waals surface area contributed by atoms with Gasteiger partial charge < -0.3 is 10.1 Å². The second kappa shape index (κ2) is 4.51. The molecule has 0 aliphatic carbocycles. The molecular formula is C10H21NO. The van der Waals surface area contributed by atoms with Crippen LogP contribution in [0.3, 0.4) is 0 Å². The van der Waals surface area contributed by atoms with Gasteiger partial charge in [-0.1, -0.05) is 19.9 Å². The van der Waals surface area contributed by atoms with E-state index >= 15 is 0 Å². The zero-order chi connectivity index (χ0) is 9.78. The molecule has 0 rings (SSSR count). The van der Waals surface area contributed by atoms with Crippen molar-refractivity contribution in [2.24, 2.45) is 5.92 Å². The number of hydrogen-bond acceptors (Lipinski definition) is 2. The molecule has 0 bridgehead atoms. The van der Waals surface area contributed by atoms with Crippen molar-refractivity contribution in [2.45, 2.75) is 33.3 Å². The van der Waals surface area contributed by atoms with Crippen LogP contribution in [0.4, 0.5) is 0 Å². The zero-order valence-corrected chi connectivity index (χ0v) is 9.06. The molecular weight excluding hydrogens is 150 g/mol. The maximum absolute atomic E-state index is 5.51. The van der Waals surface area contributed by atoms with Gasteiger partial charge in [-0.15, -0.1) is 0 Å². The van der Waals surface area contributed by atoms with Crippen LogP contribution in [0.25, 0.3) is 0 Å². The monoisotopic (exact) mass is 171 g/mol. The Balaban J connectivity index is 4.73. The van der Waals surface area contributed by atoms with E-state index in [4.69, 9.17) is 4.74 Å². The third-order valence-corrected chi connectivity index (χ3v) is 2.62. The molecule has 1 N–H and O–H groups in total. The summed E-state index contributed by atoms with van der Waals surface area (Å²) in [7, 11) is 3.68. The standard InChI is InChI=1S/C10H21NO/c1-7-9(11-5)10(4,12-6)8(2)3/h7-8,11H,1-6H3/b9-7+. The lowest BCUT2D eigenvalue weighted by Gasteiger charge is -2.34. The summed E-state index contributed by atoms with van der Waals surface area (Å²) in [6.07, 6.45) is 2.06. The van der Waals surface area contributed by atoms with Crippen molar-refractivity contribution in [3.63, 3.8) is 0 Å². The van der Waals surface area contributed by atoms with E-state index in [1.807, 2.05) is 14.0 Å². The van der Waals surface area contributed by atoms with Gasteiger partial charge in [0.05, 0.1) is 0 Å². The minimum atomic E-state index is -0.191. The van der Waals surface area contributed by atoms with Gasteiger partial charge in [-0.25, -0.2) is 0 Å². The summed E-state index contributed by atoms with van der Waals surface area (Å²) < 4.78 is 5.51. The molecule has 72 valence electrons. The molecule has 1 unspecified atom stereocenters. The molecule has 0 aromatic carbocycles. The number of rotatable bonds is 4. The fraction of sp³-hybridized carbons (Fsp3) is 0.800. The van der Waals surface area contributed by atoms with E-state index in [0.717, 1.165) is 5.70 Å². The smallest absolute Gasteiger partial charge is 0.106 e. The molecule has 2 nitrogen and oxygen atoms in total. The van der Waals surface area contributed by atoms with Crippen LogP contribution in [-0.2, 0) is 4.74 Å². The SMILES string of the molecule is C/C=C(/NC)C(C)(OC)C(C)C. The summed E-state index contributed by atoms with van der Waals surface area (Å²) in [5.41, 5.74) is 0.948. The normalized spacial score (nSPS) is 17.8. The number of likely N-dealkylation sites (N-methyl/N-ethyl adjacent to an activating group) is 1. The minimum absolute atomic E-state index is 0.191. The Bertz CT molecular complexity index is 163. The van der Waals surface area contributed by atoms with E-state index < -0.39 is 0 Å². The van der Waals surface area contributed by atoms with Crippen molar-refractivity contribution in [3.8, 4) is 0 Å². The van der Waals surface area contributed by atoms with Crippen LogP contribution in [0.15, 0.2) is 11.8 Å². The lowest BCUT2D eigenvalue weighted by Crippen LogP contribution is -2.40. The van der Waals surface area contributed by atoms with Crippen LogP contribution >= 0.6 is 0 Å². The highest BCUT2D eigenvalue weighted by Crippen LogP contribution is 2.26. The molecule has 0 saturated heterocycles. The highest BCUT2D eigenvalue weighted by molar-refractivity contribution is 5.13. The van der Waals surface area contributed by atoms with Gasteiger partial charge in [0.25, 0.3) is 0 Å². The van der Waals surface area contributed by atoms with Gasteiger partial charge in [-0.3, -0.25) is 0 Å². The summed E-state index contributed by atoms with van der Waals surface area (Å²) in [5.74, 6) is 0.459. The number of hydrogen-bond donors (Lipinski definition) is 1. The number of nitrogens with one attached hydrogen (secondary N) is 1. The molecule has 0 aliphatic rings. The molecule has 1 atom stereocenters. The Morgan fingerprint density at radius 2 is 2.00 bits per heavy atom. The molecule has 0 spiro atoms. The Morgan fingerprint density at radius 3 is 2.08 bits per heavy atom. The Kier molecular flexibility index (Phi) is 4.32. The minimum Gasteiger partial charge on any atom is -0.389 e. The molecule has 0 fully saturated rings. The van der Waals surface area contributed by atoms with E-state index in [-0.39, 0.29) is 5.60 Å². The molecule has 0 aliphatic heterocycles. The maximum atomic E-state index is 5.51. The van der Waals surface area contributed by atoms with Gasteiger partial charge in [0.2, 0.25) is 0 Å². The van der Waals surface area contributed by atoms with Gasteiger partial charge >= 0.3 is 0 Å². The first-order valence-corrected chi connectivity index (χ1v) is 4.42. The maximum Gasteiger partial charge on any atom is 0.106 e. The molecule has 0 saturated carbocycles. The summed E-state index contributed by atoms with van der Waals surface area (Å²) >= 11 is 0.